The molecule has 4 nitrogen and oxygen atoms in total. The number of aliphatic hydroxyl groups excluding tert-OH is 1. The van der Waals surface area contributed by atoms with Crippen LogP contribution in [0.15, 0.2) is 0 Å². The second-order valence-corrected chi connectivity index (χ2v) is 12.1. The number of ketones is 1. The molecule has 162 valence electrons. The summed E-state index contributed by atoms with van der Waals surface area (Å²) in [4.78, 5) is 15.5. The van der Waals surface area contributed by atoms with Crippen LogP contribution in [-0.4, -0.2) is 52.2 Å². The monoisotopic (exact) mass is 401 g/mol. The second-order valence-electron chi connectivity index (χ2n) is 12.1. The van der Waals surface area contributed by atoms with Crippen LogP contribution < -0.4 is 0 Å². The van der Waals surface area contributed by atoms with Gasteiger partial charge in [-0.3, -0.25) is 9.69 Å². The van der Waals surface area contributed by atoms with Gasteiger partial charge in [0.05, 0.1) is 18.2 Å². The summed E-state index contributed by atoms with van der Waals surface area (Å²) in [6, 6.07) is 0. The highest BCUT2D eigenvalue weighted by Crippen LogP contribution is 2.68. The molecule has 0 aromatic carbocycles. The van der Waals surface area contributed by atoms with Crippen molar-refractivity contribution < 1.29 is 15.0 Å². The van der Waals surface area contributed by atoms with Crippen LogP contribution in [0, 0.1) is 46.8 Å². The number of Topliss-reactive ketones (excluding diaryl/α,β-unsaturated/α-hetero) is 1. The van der Waals surface area contributed by atoms with E-state index in [9.17, 15) is 15.0 Å². The molecule has 1 aliphatic heterocycles. The van der Waals surface area contributed by atoms with Crippen LogP contribution in [0.25, 0.3) is 0 Å². The standard InChI is InChI=1S/C25H39NO3/c1-24-9-6-16-17-7-10-25(29)12-22(25)19(17)3-2-18(16)20(24)4-5-21(24)23(28)14-26-11-8-15(27)13-26/h15-22,27,29H,2-14H2,1H3. The molecule has 6 aliphatic rings. The van der Waals surface area contributed by atoms with Gasteiger partial charge in [-0.15, -0.1) is 0 Å². The zero-order chi connectivity index (χ0) is 20.0. The van der Waals surface area contributed by atoms with E-state index in [0.717, 1.165) is 61.8 Å². The summed E-state index contributed by atoms with van der Waals surface area (Å²) in [6.45, 7) is 4.57. The fraction of sp³-hybridized carbons (Fsp3) is 0.960. The number of hydrogen-bond acceptors (Lipinski definition) is 4. The van der Waals surface area contributed by atoms with Crippen molar-refractivity contribution in [3.8, 4) is 0 Å². The zero-order valence-electron chi connectivity index (χ0n) is 18.1. The SMILES string of the molecule is CC12CCC3C4CCC5(O)CC5C4CCC3C1CCC2C(=O)CN1CCC(O)C1. The van der Waals surface area contributed by atoms with Gasteiger partial charge < -0.3 is 10.2 Å². The van der Waals surface area contributed by atoms with Gasteiger partial charge >= 0.3 is 0 Å². The molecule has 0 aromatic rings. The third-order valence-electron chi connectivity index (χ3n) is 11.0. The summed E-state index contributed by atoms with van der Waals surface area (Å²) in [7, 11) is 0. The van der Waals surface area contributed by atoms with Gasteiger partial charge in [0.15, 0.2) is 0 Å². The van der Waals surface area contributed by atoms with E-state index in [0.29, 0.717) is 24.8 Å². The van der Waals surface area contributed by atoms with Crippen LogP contribution in [0.5, 0.6) is 0 Å². The Balaban J connectivity index is 1.16. The van der Waals surface area contributed by atoms with Gasteiger partial charge in [-0.1, -0.05) is 6.92 Å². The highest BCUT2D eigenvalue weighted by atomic mass is 16.3. The number of carbonyl (C=O) groups is 1. The minimum absolute atomic E-state index is 0.207. The zero-order valence-corrected chi connectivity index (χ0v) is 18.1. The van der Waals surface area contributed by atoms with Crippen molar-refractivity contribution in [3.05, 3.63) is 0 Å². The van der Waals surface area contributed by atoms with Crippen LogP contribution in [0.2, 0.25) is 0 Å². The van der Waals surface area contributed by atoms with Crippen LogP contribution in [0.1, 0.15) is 71.1 Å². The molecule has 1 saturated heterocycles. The molecule has 0 aromatic heterocycles. The van der Waals surface area contributed by atoms with E-state index in [1.165, 1.54) is 38.5 Å². The van der Waals surface area contributed by atoms with E-state index in [-0.39, 0.29) is 23.0 Å². The first-order valence-electron chi connectivity index (χ1n) is 12.5. The Morgan fingerprint density at radius 3 is 2.38 bits per heavy atom. The molecule has 2 N–H and O–H groups in total. The van der Waals surface area contributed by atoms with Crippen LogP contribution in [0.4, 0.5) is 0 Å². The average Bonchev–Trinajstić information content (AvgIpc) is 3.02. The predicted molar refractivity (Wildman–Crippen MR) is 111 cm³/mol. The van der Waals surface area contributed by atoms with E-state index >= 15 is 0 Å². The normalized spacial score (nSPS) is 56.2. The lowest BCUT2D eigenvalue weighted by atomic mass is 9.49. The summed E-state index contributed by atoms with van der Waals surface area (Å²) < 4.78 is 0. The van der Waals surface area contributed by atoms with Crippen LogP contribution in [0.3, 0.4) is 0 Å². The Morgan fingerprint density at radius 1 is 0.931 bits per heavy atom. The largest absolute Gasteiger partial charge is 0.392 e. The van der Waals surface area contributed by atoms with Gasteiger partial charge in [0.1, 0.15) is 5.78 Å². The molecule has 0 spiro atoms. The fourth-order valence-corrected chi connectivity index (χ4v) is 9.50. The van der Waals surface area contributed by atoms with Crippen molar-refractivity contribution in [2.45, 2.75) is 82.8 Å². The summed E-state index contributed by atoms with van der Waals surface area (Å²) in [5, 5.41) is 20.5. The minimum atomic E-state index is -0.273. The molecular formula is C25H39NO3. The van der Waals surface area contributed by atoms with Gasteiger partial charge in [-0.25, -0.2) is 0 Å². The Labute approximate surface area is 175 Å². The molecule has 4 heteroatoms. The highest BCUT2D eigenvalue weighted by Gasteiger charge is 2.65. The second kappa shape index (κ2) is 6.53. The van der Waals surface area contributed by atoms with Gasteiger partial charge in [0, 0.05) is 19.0 Å². The first-order chi connectivity index (χ1) is 13.9. The molecule has 1 heterocycles. The number of fused-ring (bicyclic) bond motifs is 7. The molecule has 29 heavy (non-hydrogen) atoms. The molecule has 6 rings (SSSR count). The molecule has 0 radical (unpaired) electrons. The number of likely N-dealkylation sites (tertiary alicyclic amines) is 1. The number of nitrogens with zero attached hydrogens (tertiary/aromatic N) is 1. The quantitative estimate of drug-likeness (QED) is 0.762. The minimum Gasteiger partial charge on any atom is -0.392 e. The molecule has 10 unspecified atom stereocenters. The maximum absolute atomic E-state index is 13.3. The Kier molecular flexibility index (Phi) is 4.33. The molecule has 0 amide bonds. The third kappa shape index (κ3) is 2.84. The Hall–Kier alpha value is -0.450. The van der Waals surface area contributed by atoms with E-state index in [2.05, 4.69) is 11.8 Å². The van der Waals surface area contributed by atoms with E-state index < -0.39 is 0 Å². The van der Waals surface area contributed by atoms with E-state index in [1.807, 2.05) is 0 Å². The first kappa shape index (κ1) is 19.3. The third-order valence-corrected chi connectivity index (χ3v) is 11.0. The summed E-state index contributed by atoms with van der Waals surface area (Å²) >= 11 is 0. The first-order valence-corrected chi connectivity index (χ1v) is 12.5. The van der Waals surface area contributed by atoms with Crippen molar-refractivity contribution >= 4 is 5.78 Å². The lowest BCUT2D eigenvalue weighted by Crippen LogP contribution is -2.50. The molecule has 5 saturated carbocycles. The molecule has 10 atom stereocenters. The Bertz CT molecular complexity index is 696. The number of aliphatic hydroxyl groups is 2. The summed E-state index contributed by atoms with van der Waals surface area (Å²) in [6.07, 6.45) is 11.5. The van der Waals surface area contributed by atoms with Crippen LogP contribution >= 0.6 is 0 Å². The lowest BCUT2D eigenvalue weighted by molar-refractivity contribution is -0.132. The molecule has 5 aliphatic carbocycles. The van der Waals surface area contributed by atoms with Gasteiger partial charge in [-0.2, -0.15) is 0 Å². The van der Waals surface area contributed by atoms with Gasteiger partial charge in [-0.05, 0) is 105 Å². The smallest absolute Gasteiger partial charge is 0.150 e. The predicted octanol–water partition coefficient (Wildman–Crippen LogP) is 3.25. The van der Waals surface area contributed by atoms with Crippen molar-refractivity contribution in [3.63, 3.8) is 0 Å². The highest BCUT2D eigenvalue weighted by molar-refractivity contribution is 5.84. The average molecular weight is 402 g/mol. The lowest BCUT2D eigenvalue weighted by Gasteiger charge is -2.56. The topological polar surface area (TPSA) is 60.8 Å². The Morgan fingerprint density at radius 2 is 1.66 bits per heavy atom. The number of hydrogen-bond donors (Lipinski definition) is 2. The molecular weight excluding hydrogens is 362 g/mol. The number of rotatable bonds is 3. The fourth-order valence-electron chi connectivity index (χ4n) is 9.50. The van der Waals surface area contributed by atoms with Crippen molar-refractivity contribution in [1.29, 1.82) is 0 Å². The number of carbonyl (C=O) groups excluding carboxylic acids is 1. The summed E-state index contributed by atoms with van der Waals surface area (Å²) in [5.74, 6) is 5.38. The number of β-amino-alcohol motifs (C(OH)–C–C–N with tert-alkyl or cyclic N) is 1. The summed E-state index contributed by atoms with van der Waals surface area (Å²) in [5.41, 5.74) is -0.0659. The molecule has 0 bridgehead atoms. The van der Waals surface area contributed by atoms with E-state index in [4.69, 9.17) is 0 Å². The van der Waals surface area contributed by atoms with Crippen LogP contribution in [-0.2, 0) is 4.79 Å². The van der Waals surface area contributed by atoms with E-state index in [1.54, 1.807) is 0 Å². The van der Waals surface area contributed by atoms with Crippen molar-refractivity contribution in [2.75, 3.05) is 19.6 Å². The van der Waals surface area contributed by atoms with Gasteiger partial charge in [0.25, 0.3) is 0 Å². The maximum atomic E-state index is 13.3. The van der Waals surface area contributed by atoms with Crippen molar-refractivity contribution in [2.24, 2.45) is 46.8 Å². The van der Waals surface area contributed by atoms with Gasteiger partial charge in [0.2, 0.25) is 0 Å². The van der Waals surface area contributed by atoms with Crippen molar-refractivity contribution in [1.82, 2.24) is 4.90 Å². The molecule has 6 fully saturated rings. The maximum Gasteiger partial charge on any atom is 0.150 e.